The van der Waals surface area contributed by atoms with E-state index in [0.29, 0.717) is 0 Å². The predicted octanol–water partition coefficient (Wildman–Crippen LogP) is 6.56. The van der Waals surface area contributed by atoms with Gasteiger partial charge in [0.1, 0.15) is 0 Å². The molecule has 0 radical (unpaired) electrons. The van der Waals surface area contributed by atoms with Crippen LogP contribution in [-0.4, -0.2) is 17.0 Å². The fourth-order valence-electron chi connectivity index (χ4n) is 2.82. The van der Waals surface area contributed by atoms with Crippen molar-refractivity contribution in [2.75, 3.05) is 0 Å². The van der Waals surface area contributed by atoms with Crippen LogP contribution in [0.5, 0.6) is 0 Å². The van der Waals surface area contributed by atoms with Crippen molar-refractivity contribution in [1.29, 1.82) is 0 Å². The highest BCUT2D eigenvalue weighted by Gasteiger charge is 1.95. The molecule has 0 spiro atoms. The first kappa shape index (κ1) is 24.4. The summed E-state index contributed by atoms with van der Waals surface area (Å²) in [5.74, 6) is -1.82. The van der Waals surface area contributed by atoms with Crippen molar-refractivity contribution in [3.8, 4) is 0 Å². The molecule has 0 bridgehead atoms. The molecule has 150 valence electrons. The van der Waals surface area contributed by atoms with Crippen LogP contribution < -0.4 is 0 Å². The Morgan fingerprint density at radius 2 is 1.19 bits per heavy atom. The van der Waals surface area contributed by atoms with Gasteiger partial charge in [0.05, 0.1) is 6.26 Å². The van der Waals surface area contributed by atoms with Crippen molar-refractivity contribution >= 4 is 11.9 Å². The lowest BCUT2D eigenvalue weighted by Crippen LogP contribution is -1.96. The Morgan fingerprint density at radius 3 is 1.65 bits per heavy atom. The number of unbranched alkanes of at least 4 members (excludes halogenated alkanes) is 14. The van der Waals surface area contributed by atoms with E-state index >= 15 is 0 Å². The van der Waals surface area contributed by atoms with Gasteiger partial charge in [-0.2, -0.15) is 0 Å². The van der Waals surface area contributed by atoms with Crippen molar-refractivity contribution in [2.24, 2.45) is 0 Å². The highest BCUT2D eigenvalue weighted by molar-refractivity contribution is 5.90. The normalized spacial score (nSPS) is 11.4. The topological polar surface area (TPSA) is 63.6 Å². The predicted molar refractivity (Wildman–Crippen MR) is 107 cm³/mol. The van der Waals surface area contributed by atoms with Crippen molar-refractivity contribution in [3.63, 3.8) is 0 Å². The third-order valence-electron chi connectivity index (χ3n) is 4.37. The third-order valence-corrected chi connectivity index (χ3v) is 4.37. The number of carbonyl (C=O) groups is 2. The molecule has 0 amide bonds. The maximum absolute atomic E-state index is 11.1. The molecule has 0 fully saturated rings. The van der Waals surface area contributed by atoms with Gasteiger partial charge in [-0.15, -0.1) is 0 Å². The molecule has 0 aromatic heterocycles. The van der Waals surface area contributed by atoms with E-state index in [1.807, 2.05) is 6.08 Å². The van der Waals surface area contributed by atoms with Crippen LogP contribution in [0.3, 0.4) is 0 Å². The van der Waals surface area contributed by atoms with Crippen molar-refractivity contribution in [1.82, 2.24) is 0 Å². The van der Waals surface area contributed by atoms with Crippen LogP contribution in [0.25, 0.3) is 0 Å². The first-order valence-electron chi connectivity index (χ1n) is 10.4. The number of rotatable bonds is 18. The number of esters is 1. The second-order valence-electron chi connectivity index (χ2n) is 6.87. The summed E-state index contributed by atoms with van der Waals surface area (Å²) in [6.45, 7) is 2.26. The second-order valence-corrected chi connectivity index (χ2v) is 6.87. The van der Waals surface area contributed by atoms with E-state index in [2.05, 4.69) is 6.92 Å². The first-order valence-corrected chi connectivity index (χ1v) is 10.4. The standard InChI is InChI=1S/C22H38O4/c1-2-3-4-5-6-7-8-9-10-11-12-13-14-15-16-17-20-26-22(25)19-18-21(23)24/h17-20H,2-16H2,1H3,(H,23,24)/b19-18-,20-17?. The number of aliphatic carboxylic acids is 1. The molecule has 0 aromatic carbocycles. The summed E-state index contributed by atoms with van der Waals surface area (Å²) in [5, 5.41) is 8.37. The fourth-order valence-corrected chi connectivity index (χ4v) is 2.82. The van der Waals surface area contributed by atoms with Gasteiger partial charge < -0.3 is 9.84 Å². The van der Waals surface area contributed by atoms with Gasteiger partial charge in [-0.1, -0.05) is 90.4 Å². The molecule has 4 nitrogen and oxygen atoms in total. The number of hydrogen-bond acceptors (Lipinski definition) is 3. The molecule has 0 aliphatic rings. The monoisotopic (exact) mass is 366 g/mol. The van der Waals surface area contributed by atoms with Gasteiger partial charge in [0.15, 0.2) is 0 Å². The zero-order valence-corrected chi connectivity index (χ0v) is 16.6. The van der Waals surface area contributed by atoms with Gasteiger partial charge in [-0.3, -0.25) is 0 Å². The maximum atomic E-state index is 11.1. The van der Waals surface area contributed by atoms with E-state index in [0.717, 1.165) is 25.0 Å². The van der Waals surface area contributed by atoms with Gasteiger partial charge in [0.2, 0.25) is 0 Å². The van der Waals surface area contributed by atoms with Crippen molar-refractivity contribution in [3.05, 3.63) is 24.5 Å². The molecule has 0 atom stereocenters. The van der Waals surface area contributed by atoms with E-state index in [4.69, 9.17) is 9.84 Å². The summed E-state index contributed by atoms with van der Waals surface area (Å²) in [7, 11) is 0. The quantitative estimate of drug-likeness (QED) is 0.129. The molecule has 4 heteroatoms. The summed E-state index contributed by atoms with van der Waals surface area (Å²) < 4.78 is 4.74. The largest absolute Gasteiger partial charge is 0.478 e. The van der Waals surface area contributed by atoms with Crippen molar-refractivity contribution in [2.45, 2.75) is 103 Å². The highest BCUT2D eigenvalue weighted by atomic mass is 16.5. The molecular weight excluding hydrogens is 328 g/mol. The van der Waals surface area contributed by atoms with E-state index in [1.54, 1.807) is 0 Å². The Labute approximate surface area is 159 Å². The number of allylic oxidation sites excluding steroid dienone is 1. The lowest BCUT2D eigenvalue weighted by atomic mass is 10.0. The number of ether oxygens (including phenoxy) is 1. The van der Waals surface area contributed by atoms with Crippen LogP contribution >= 0.6 is 0 Å². The molecule has 0 unspecified atom stereocenters. The molecule has 0 heterocycles. The Balaban J connectivity index is 3.23. The molecule has 0 saturated heterocycles. The summed E-state index contributed by atoms with van der Waals surface area (Å²) in [6, 6.07) is 0. The van der Waals surface area contributed by atoms with Crippen LogP contribution in [0.1, 0.15) is 103 Å². The summed E-state index contributed by atoms with van der Waals surface area (Å²) in [4.78, 5) is 21.3. The molecule has 0 aliphatic heterocycles. The van der Waals surface area contributed by atoms with Crippen LogP contribution in [-0.2, 0) is 14.3 Å². The van der Waals surface area contributed by atoms with E-state index < -0.39 is 11.9 Å². The summed E-state index contributed by atoms with van der Waals surface area (Å²) in [6.07, 6.45) is 24.5. The summed E-state index contributed by atoms with van der Waals surface area (Å²) >= 11 is 0. The van der Waals surface area contributed by atoms with Gasteiger partial charge in [0.25, 0.3) is 0 Å². The average Bonchev–Trinajstić information content (AvgIpc) is 2.62. The van der Waals surface area contributed by atoms with E-state index in [1.165, 1.54) is 89.7 Å². The Hall–Kier alpha value is -1.58. The smallest absolute Gasteiger partial charge is 0.335 e. The Bertz CT molecular complexity index is 399. The summed E-state index contributed by atoms with van der Waals surface area (Å²) in [5.41, 5.74) is 0. The molecule has 0 aromatic rings. The molecule has 0 saturated carbocycles. The fraction of sp³-hybridized carbons (Fsp3) is 0.727. The Kier molecular flexibility index (Phi) is 18.5. The highest BCUT2D eigenvalue weighted by Crippen LogP contribution is 2.13. The van der Waals surface area contributed by atoms with Gasteiger partial charge >= 0.3 is 11.9 Å². The van der Waals surface area contributed by atoms with Gasteiger partial charge in [0, 0.05) is 12.2 Å². The number of carbonyl (C=O) groups excluding carboxylic acids is 1. The number of carboxylic acid groups (broad SMARTS) is 1. The minimum atomic E-state index is -1.16. The SMILES string of the molecule is CCCCCCCCCCCCCCCCC=COC(=O)/C=C\C(=O)O. The minimum Gasteiger partial charge on any atom is -0.478 e. The molecule has 1 N–H and O–H groups in total. The maximum Gasteiger partial charge on any atom is 0.335 e. The van der Waals surface area contributed by atoms with Crippen LogP contribution in [0.2, 0.25) is 0 Å². The molecular formula is C22H38O4. The number of carboxylic acids is 1. The van der Waals surface area contributed by atoms with E-state index in [-0.39, 0.29) is 0 Å². The van der Waals surface area contributed by atoms with Crippen LogP contribution in [0, 0.1) is 0 Å². The third kappa shape index (κ3) is 20.5. The molecule has 26 heavy (non-hydrogen) atoms. The van der Waals surface area contributed by atoms with Gasteiger partial charge in [-0.05, 0) is 18.9 Å². The van der Waals surface area contributed by atoms with Gasteiger partial charge in [-0.25, -0.2) is 9.59 Å². The number of hydrogen-bond donors (Lipinski definition) is 1. The average molecular weight is 367 g/mol. The lowest BCUT2D eigenvalue weighted by molar-refractivity contribution is -0.134. The molecule has 0 aliphatic carbocycles. The zero-order chi connectivity index (χ0) is 19.3. The van der Waals surface area contributed by atoms with E-state index in [9.17, 15) is 9.59 Å². The minimum absolute atomic E-state index is 0.662. The molecule has 0 rings (SSSR count). The van der Waals surface area contributed by atoms with Crippen molar-refractivity contribution < 1.29 is 19.4 Å². The second kappa shape index (κ2) is 19.7. The Morgan fingerprint density at radius 1 is 0.731 bits per heavy atom. The van der Waals surface area contributed by atoms with Crippen LogP contribution in [0.15, 0.2) is 24.5 Å². The van der Waals surface area contributed by atoms with Crippen LogP contribution in [0.4, 0.5) is 0 Å². The first-order chi connectivity index (χ1) is 12.7. The zero-order valence-electron chi connectivity index (χ0n) is 16.6. The lowest BCUT2D eigenvalue weighted by Gasteiger charge is -2.02.